The fourth-order valence-corrected chi connectivity index (χ4v) is 3.70. The largest absolute Gasteiger partial charge is 0.456 e. The molecule has 1 fully saturated rings. The Morgan fingerprint density at radius 3 is 2.17 bits per heavy atom. The normalized spacial score (nSPS) is 21.8. The number of aromatic amines is 1. The van der Waals surface area contributed by atoms with Gasteiger partial charge in [0.05, 0.1) is 6.61 Å². The Morgan fingerprint density at radius 2 is 1.49 bits per heavy atom. The van der Waals surface area contributed by atoms with Crippen LogP contribution in [-0.4, -0.2) is 60.1 Å². The molecule has 0 aliphatic carbocycles. The minimum Gasteiger partial charge on any atom is -0.456 e. The molecule has 1 unspecified atom stereocenters. The van der Waals surface area contributed by atoms with Crippen LogP contribution in [0.4, 0.5) is 0 Å². The molecule has 4 atom stereocenters. The zero-order valence-electron chi connectivity index (χ0n) is 20.1. The van der Waals surface area contributed by atoms with Crippen molar-refractivity contribution in [3.05, 3.63) is 36.0 Å². The number of aryl methyl sites for hydroxylation is 1. The first kappa shape index (κ1) is 26.2. The molecule has 10 nitrogen and oxygen atoms in total. The van der Waals surface area contributed by atoms with Gasteiger partial charge < -0.3 is 28.7 Å². The molecule has 1 N–H and O–H groups in total. The second-order valence-corrected chi connectivity index (χ2v) is 8.05. The van der Waals surface area contributed by atoms with Crippen molar-refractivity contribution in [2.24, 2.45) is 0 Å². The third-order valence-corrected chi connectivity index (χ3v) is 5.59. The lowest BCUT2D eigenvalue weighted by Gasteiger charge is -2.40. The maximum Gasteiger partial charge on any atom is 0.308 e. The first-order valence-electron chi connectivity index (χ1n) is 11.8. The quantitative estimate of drug-likeness (QED) is 0.395. The number of hydrogen-bond donors (Lipinski definition) is 1. The number of ether oxygens (including phenoxy) is 5. The fourth-order valence-electron chi connectivity index (χ4n) is 3.70. The number of para-hydroxylation sites is 1. The van der Waals surface area contributed by atoms with E-state index in [4.69, 9.17) is 23.7 Å². The number of benzene rings is 1. The summed E-state index contributed by atoms with van der Waals surface area (Å²) in [6.07, 6.45) is -2.34. The lowest BCUT2D eigenvalue weighted by molar-refractivity contribution is -0.275. The highest BCUT2D eigenvalue weighted by atomic mass is 16.7. The second-order valence-electron chi connectivity index (χ2n) is 8.05. The molecule has 0 amide bonds. The summed E-state index contributed by atoms with van der Waals surface area (Å²) in [6.45, 7) is 4.61. The van der Waals surface area contributed by atoms with Crippen molar-refractivity contribution < 1.29 is 42.9 Å². The van der Waals surface area contributed by atoms with Crippen molar-refractivity contribution >= 4 is 34.8 Å². The van der Waals surface area contributed by atoms with Crippen LogP contribution >= 0.6 is 0 Å². The molecule has 1 aliphatic heterocycles. The van der Waals surface area contributed by atoms with Gasteiger partial charge in [0, 0.05) is 42.8 Å². The summed E-state index contributed by atoms with van der Waals surface area (Å²) >= 11 is 0. The SMILES string of the molecule is CCC(=O)O[C@H]1[C@H](OC(=O)CC)COC(OC(=O)CCc2c[nH]c3ccccc23)[C@@H]1OC(=O)CC. The summed E-state index contributed by atoms with van der Waals surface area (Å²) in [6, 6.07) is 7.74. The Labute approximate surface area is 203 Å². The van der Waals surface area contributed by atoms with Crippen molar-refractivity contribution in [3.63, 3.8) is 0 Å². The monoisotopic (exact) mass is 489 g/mol. The minimum absolute atomic E-state index is 0.0333. The number of rotatable bonds is 10. The number of carbonyl (C=O) groups excluding carboxylic acids is 4. The first-order valence-corrected chi connectivity index (χ1v) is 11.8. The van der Waals surface area contributed by atoms with E-state index in [-0.39, 0.29) is 32.3 Å². The highest BCUT2D eigenvalue weighted by molar-refractivity contribution is 5.83. The predicted molar refractivity (Wildman–Crippen MR) is 123 cm³/mol. The van der Waals surface area contributed by atoms with Crippen molar-refractivity contribution in [3.8, 4) is 0 Å². The van der Waals surface area contributed by atoms with Crippen LogP contribution in [0.2, 0.25) is 0 Å². The minimum atomic E-state index is -1.33. The Hall–Kier alpha value is -3.40. The zero-order valence-corrected chi connectivity index (χ0v) is 20.1. The van der Waals surface area contributed by atoms with Crippen molar-refractivity contribution in [2.75, 3.05) is 6.61 Å². The van der Waals surface area contributed by atoms with Gasteiger partial charge in [0.25, 0.3) is 0 Å². The molecule has 1 aromatic heterocycles. The number of aromatic nitrogens is 1. The summed E-state index contributed by atoms with van der Waals surface area (Å²) in [5.74, 6) is -2.32. The number of hydrogen-bond acceptors (Lipinski definition) is 9. The number of nitrogens with one attached hydrogen (secondary N) is 1. The van der Waals surface area contributed by atoms with E-state index in [2.05, 4.69) is 4.98 Å². The van der Waals surface area contributed by atoms with Crippen molar-refractivity contribution in [2.45, 2.75) is 77.5 Å². The van der Waals surface area contributed by atoms with Gasteiger partial charge in [0.2, 0.25) is 12.4 Å². The second kappa shape index (κ2) is 12.3. The lowest BCUT2D eigenvalue weighted by Crippen LogP contribution is -2.58. The number of esters is 4. The maximum atomic E-state index is 12.7. The molecule has 10 heteroatoms. The number of carbonyl (C=O) groups is 4. The van der Waals surface area contributed by atoms with Gasteiger partial charge in [-0.1, -0.05) is 39.0 Å². The molecule has 0 radical (unpaired) electrons. The highest BCUT2D eigenvalue weighted by Gasteiger charge is 2.49. The molecule has 3 rings (SSSR count). The van der Waals surface area contributed by atoms with Crippen LogP contribution in [0.5, 0.6) is 0 Å². The first-order chi connectivity index (χ1) is 16.9. The van der Waals surface area contributed by atoms with E-state index >= 15 is 0 Å². The molecule has 1 aliphatic rings. The molecular formula is C25H31NO9. The Bertz CT molecular complexity index is 1050. The summed E-state index contributed by atoms with van der Waals surface area (Å²) < 4.78 is 27.4. The van der Waals surface area contributed by atoms with Crippen molar-refractivity contribution in [1.82, 2.24) is 4.98 Å². The molecule has 0 saturated carbocycles. The van der Waals surface area contributed by atoms with E-state index in [9.17, 15) is 19.2 Å². The fraction of sp³-hybridized carbons (Fsp3) is 0.520. The number of H-pyrrole nitrogens is 1. The third kappa shape index (κ3) is 6.82. The average molecular weight is 490 g/mol. The molecule has 35 heavy (non-hydrogen) atoms. The zero-order chi connectivity index (χ0) is 25.4. The number of fused-ring (bicyclic) bond motifs is 1. The molecule has 2 aromatic rings. The molecule has 2 heterocycles. The van der Waals surface area contributed by atoms with E-state index < -0.39 is 48.5 Å². The maximum absolute atomic E-state index is 12.7. The van der Waals surface area contributed by atoms with Gasteiger partial charge in [-0.2, -0.15) is 0 Å². The topological polar surface area (TPSA) is 130 Å². The van der Waals surface area contributed by atoms with Crippen LogP contribution in [0.1, 0.15) is 52.0 Å². The van der Waals surface area contributed by atoms with Gasteiger partial charge >= 0.3 is 23.9 Å². The van der Waals surface area contributed by atoms with Crippen LogP contribution in [0.3, 0.4) is 0 Å². The van der Waals surface area contributed by atoms with Crippen LogP contribution in [0, 0.1) is 0 Å². The van der Waals surface area contributed by atoms with E-state index in [1.807, 2.05) is 30.5 Å². The molecule has 0 spiro atoms. The molecule has 190 valence electrons. The Kier molecular flexibility index (Phi) is 9.25. The summed E-state index contributed by atoms with van der Waals surface area (Å²) in [5.41, 5.74) is 1.92. The Morgan fingerprint density at radius 1 is 0.857 bits per heavy atom. The predicted octanol–water partition coefficient (Wildman–Crippen LogP) is 2.97. The summed E-state index contributed by atoms with van der Waals surface area (Å²) in [5, 5.41) is 1.01. The van der Waals surface area contributed by atoms with E-state index in [0.717, 1.165) is 16.5 Å². The van der Waals surface area contributed by atoms with Crippen LogP contribution < -0.4 is 0 Å². The molecule has 1 aromatic carbocycles. The molecular weight excluding hydrogens is 458 g/mol. The van der Waals surface area contributed by atoms with E-state index in [1.165, 1.54) is 0 Å². The summed E-state index contributed by atoms with van der Waals surface area (Å²) in [7, 11) is 0. The van der Waals surface area contributed by atoms with Gasteiger partial charge in [-0.15, -0.1) is 0 Å². The third-order valence-electron chi connectivity index (χ3n) is 5.59. The van der Waals surface area contributed by atoms with Crippen LogP contribution in [0.15, 0.2) is 30.5 Å². The average Bonchev–Trinajstić information content (AvgIpc) is 3.28. The van der Waals surface area contributed by atoms with Gasteiger partial charge in [0.1, 0.15) is 0 Å². The van der Waals surface area contributed by atoms with E-state index in [0.29, 0.717) is 6.42 Å². The van der Waals surface area contributed by atoms with Gasteiger partial charge in [-0.05, 0) is 18.1 Å². The molecule has 0 bridgehead atoms. The molecule has 1 saturated heterocycles. The van der Waals surface area contributed by atoms with Gasteiger partial charge in [0.15, 0.2) is 12.2 Å². The van der Waals surface area contributed by atoms with Crippen molar-refractivity contribution in [1.29, 1.82) is 0 Å². The summed E-state index contributed by atoms with van der Waals surface area (Å²) in [4.78, 5) is 52.0. The van der Waals surface area contributed by atoms with Gasteiger partial charge in [-0.25, -0.2) is 0 Å². The lowest BCUT2D eigenvalue weighted by atomic mass is 10.0. The van der Waals surface area contributed by atoms with Gasteiger partial charge in [-0.3, -0.25) is 19.2 Å². The Balaban J connectivity index is 1.73. The van der Waals surface area contributed by atoms with Crippen LogP contribution in [0.25, 0.3) is 10.9 Å². The highest BCUT2D eigenvalue weighted by Crippen LogP contribution is 2.27. The van der Waals surface area contributed by atoms with E-state index in [1.54, 1.807) is 20.8 Å². The van der Waals surface area contributed by atoms with Crippen LogP contribution in [-0.2, 0) is 49.3 Å². The standard InChI is InChI=1S/C25H31NO9/c1-4-19(27)32-18-14-31-25(24(34-21(29)6-3)23(18)33-20(28)5-2)35-22(30)12-11-15-13-26-17-10-8-7-9-16(15)17/h7-10,13,18,23-26H,4-6,11-12,14H2,1-3H3/t18-,23+,24-,25?/m1/s1. The smallest absolute Gasteiger partial charge is 0.308 e.